The van der Waals surface area contributed by atoms with Crippen LogP contribution in [0.5, 0.6) is 0 Å². The van der Waals surface area contributed by atoms with E-state index in [-0.39, 0.29) is 39.6 Å². The van der Waals surface area contributed by atoms with E-state index in [1.807, 2.05) is 121 Å². The van der Waals surface area contributed by atoms with Crippen molar-refractivity contribution in [2.45, 2.75) is 144 Å². The Hall–Kier alpha value is -4.60. The van der Waals surface area contributed by atoms with Crippen molar-refractivity contribution in [2.24, 2.45) is 0 Å². The summed E-state index contributed by atoms with van der Waals surface area (Å²) in [6.45, 7) is -0.257. The lowest BCUT2D eigenvalue weighted by Crippen LogP contribution is -2.68. The number of fused-ring (bicyclic) bond motifs is 1. The molecule has 2 saturated heterocycles. The van der Waals surface area contributed by atoms with E-state index in [2.05, 4.69) is 0 Å². The highest BCUT2D eigenvalue weighted by Gasteiger charge is 2.64. The smallest absolute Gasteiger partial charge is 0.387 e. The van der Waals surface area contributed by atoms with E-state index < -0.39 is 88.7 Å². The van der Waals surface area contributed by atoms with E-state index in [1.54, 1.807) is 30.3 Å². The number of hydrogen-bond acceptors (Lipinski definition) is 13. The summed E-state index contributed by atoms with van der Waals surface area (Å²) in [5.41, 5.74) is -2.02. The summed E-state index contributed by atoms with van der Waals surface area (Å²) in [5, 5.41) is 12.0. The zero-order valence-electron chi connectivity index (χ0n) is 39.0. The molecule has 1 spiro atoms. The van der Waals surface area contributed by atoms with Crippen LogP contribution >= 0.6 is 0 Å². The Kier molecular flexibility index (Phi) is 17.0. The van der Waals surface area contributed by atoms with Crippen LogP contribution in [-0.2, 0) is 90.0 Å². The number of ether oxygens (including phenoxy) is 9. The average Bonchev–Trinajstić information content (AvgIpc) is 3.75. The molecule has 380 valence electrons. The Morgan fingerprint density at radius 2 is 0.915 bits per heavy atom. The summed E-state index contributed by atoms with van der Waals surface area (Å²) in [5.74, 6) is -1.10. The van der Waals surface area contributed by atoms with Crippen molar-refractivity contribution in [3.8, 4) is 0 Å². The maximum Gasteiger partial charge on any atom is 0.523 e. The summed E-state index contributed by atoms with van der Waals surface area (Å²) in [6, 6.07) is 46.3. The number of halogens is 3. The Balaban J connectivity index is 1.13. The minimum absolute atomic E-state index is 0.0107. The number of aliphatic hydroxyl groups excluding tert-OH is 1. The fourth-order valence-electron chi connectivity index (χ4n) is 9.69. The third-order valence-corrected chi connectivity index (χ3v) is 14.3. The van der Waals surface area contributed by atoms with Crippen molar-refractivity contribution in [1.29, 1.82) is 0 Å². The van der Waals surface area contributed by atoms with Gasteiger partial charge in [-0.3, -0.25) is 4.18 Å². The van der Waals surface area contributed by atoms with E-state index in [0.29, 0.717) is 18.4 Å². The largest absolute Gasteiger partial charge is 0.523 e. The first kappa shape index (κ1) is 51.3. The maximum atomic E-state index is 14.5. The quantitative estimate of drug-likeness (QED) is 0.0587. The molecular formula is C54H59F3O13S. The van der Waals surface area contributed by atoms with E-state index in [4.69, 9.17) is 46.8 Å². The molecule has 2 aliphatic heterocycles. The minimum atomic E-state index is -6.39. The molecule has 4 fully saturated rings. The van der Waals surface area contributed by atoms with Gasteiger partial charge >= 0.3 is 15.6 Å². The molecule has 2 heterocycles. The first-order valence-electron chi connectivity index (χ1n) is 24.0. The van der Waals surface area contributed by atoms with Crippen LogP contribution in [0.4, 0.5) is 13.2 Å². The first-order valence-corrected chi connectivity index (χ1v) is 25.4. The summed E-state index contributed by atoms with van der Waals surface area (Å²) < 4.78 is 135. The maximum absolute atomic E-state index is 14.5. The van der Waals surface area contributed by atoms with Gasteiger partial charge in [-0.2, -0.15) is 21.6 Å². The molecule has 0 bridgehead atoms. The lowest BCUT2D eigenvalue weighted by atomic mass is 9.84. The highest BCUT2D eigenvalue weighted by atomic mass is 32.2. The van der Waals surface area contributed by atoms with Crippen LogP contribution in [-0.4, -0.2) is 98.8 Å². The molecule has 1 N–H and O–H groups in total. The minimum Gasteiger partial charge on any atom is -0.387 e. The molecular weight excluding hydrogens is 946 g/mol. The summed E-state index contributed by atoms with van der Waals surface area (Å²) in [4.78, 5) is 0. The monoisotopic (exact) mass is 1000 g/mol. The van der Waals surface area contributed by atoms with Crippen molar-refractivity contribution >= 4 is 10.1 Å². The van der Waals surface area contributed by atoms with Crippen molar-refractivity contribution in [3.05, 3.63) is 179 Å². The lowest BCUT2D eigenvalue weighted by Gasteiger charge is -2.49. The molecule has 11 atom stereocenters. The molecule has 0 aromatic heterocycles. The van der Waals surface area contributed by atoms with Gasteiger partial charge in [-0.05, 0) is 40.7 Å². The first-order chi connectivity index (χ1) is 34.5. The standard InChI is InChI=1S/C54H59F3O13S/c55-54(56,57)71(59,60)70-51-44(62-32-38-21-9-2-10-22-38)43(58)42(36-61-31-37-19-7-1-8-20-37)66-52(51)67-48-46(64-34-40-25-13-4-14-26-40)45(63-33-39-23-11-3-12-24-39)47(65-35-41-27-15-5-16-28-41)49-50(48)69-53(68-49)29-17-6-18-30-53/h1-5,7-16,19-28,42-52,58H,6,17-18,29-36H2/t42-,43-,44+,45+,46+,47-,48-,49-,50+,51+,52-/m1/s1. The fraction of sp³-hybridized carbons (Fsp3) is 0.444. The van der Waals surface area contributed by atoms with Gasteiger partial charge < -0.3 is 47.7 Å². The second-order valence-corrected chi connectivity index (χ2v) is 19.8. The van der Waals surface area contributed by atoms with E-state index in [1.165, 1.54) is 0 Å². The Morgan fingerprint density at radius 3 is 1.37 bits per heavy atom. The molecule has 4 aliphatic rings. The second kappa shape index (κ2) is 23.5. The molecule has 9 rings (SSSR count). The molecule has 17 heteroatoms. The van der Waals surface area contributed by atoms with Crippen LogP contribution in [0, 0.1) is 0 Å². The van der Waals surface area contributed by atoms with Crippen LogP contribution in [0.1, 0.15) is 59.9 Å². The average molecular weight is 1010 g/mol. The van der Waals surface area contributed by atoms with Crippen LogP contribution in [0.25, 0.3) is 0 Å². The predicted molar refractivity (Wildman–Crippen MR) is 251 cm³/mol. The summed E-state index contributed by atoms with van der Waals surface area (Å²) >= 11 is 0. The normalized spacial score (nSPS) is 28.6. The van der Waals surface area contributed by atoms with Gasteiger partial charge in [-0.25, -0.2) is 0 Å². The number of hydrogen-bond donors (Lipinski definition) is 1. The zero-order valence-corrected chi connectivity index (χ0v) is 39.8. The third-order valence-electron chi connectivity index (χ3n) is 13.2. The number of benzene rings is 5. The van der Waals surface area contributed by atoms with E-state index >= 15 is 0 Å². The molecule has 2 saturated carbocycles. The Morgan fingerprint density at radius 1 is 0.521 bits per heavy atom. The summed E-state index contributed by atoms with van der Waals surface area (Å²) in [7, 11) is -6.39. The van der Waals surface area contributed by atoms with Gasteiger partial charge in [0.15, 0.2) is 18.2 Å². The van der Waals surface area contributed by atoms with Crippen LogP contribution in [0.2, 0.25) is 0 Å². The third kappa shape index (κ3) is 12.8. The molecule has 0 amide bonds. The number of aliphatic hydroxyl groups is 1. The number of alkyl halides is 3. The predicted octanol–water partition coefficient (Wildman–Crippen LogP) is 8.71. The van der Waals surface area contributed by atoms with Gasteiger partial charge in [-0.1, -0.05) is 158 Å². The van der Waals surface area contributed by atoms with Crippen molar-refractivity contribution in [3.63, 3.8) is 0 Å². The van der Waals surface area contributed by atoms with Crippen LogP contribution in [0.15, 0.2) is 152 Å². The van der Waals surface area contributed by atoms with Gasteiger partial charge in [0, 0.05) is 12.8 Å². The number of rotatable bonds is 20. The molecule has 2 aliphatic carbocycles. The molecule has 5 aromatic carbocycles. The fourth-order valence-corrected chi connectivity index (χ4v) is 10.3. The second-order valence-electron chi connectivity index (χ2n) is 18.3. The molecule has 5 aromatic rings. The van der Waals surface area contributed by atoms with E-state index in [0.717, 1.165) is 41.5 Å². The van der Waals surface area contributed by atoms with Gasteiger partial charge in [0.05, 0.1) is 39.6 Å². The van der Waals surface area contributed by atoms with Gasteiger partial charge in [0.2, 0.25) is 0 Å². The summed E-state index contributed by atoms with van der Waals surface area (Å²) in [6.07, 6.45) is -11.9. The SMILES string of the molecule is O=S(=O)(O[C@@H]1[C@@H](O[C@@H]2[C@@H](OCc3ccccc3)[C@H](OCc3ccccc3)[C@@H](OCc3ccccc3)[C@H]3OC4(CCCCC4)O[C@@H]23)O[C@H](COCc2ccccc2)[C@@H](O)[C@@H]1OCc1ccccc1)C(F)(F)F. The topological polar surface area (TPSA) is 147 Å². The van der Waals surface area contributed by atoms with Crippen LogP contribution < -0.4 is 0 Å². The highest BCUT2D eigenvalue weighted by molar-refractivity contribution is 7.87. The molecule has 71 heavy (non-hydrogen) atoms. The zero-order chi connectivity index (χ0) is 49.3. The van der Waals surface area contributed by atoms with Gasteiger partial charge in [-0.15, -0.1) is 0 Å². The van der Waals surface area contributed by atoms with Crippen LogP contribution in [0.3, 0.4) is 0 Å². The van der Waals surface area contributed by atoms with Gasteiger partial charge in [0.1, 0.15) is 54.9 Å². The van der Waals surface area contributed by atoms with E-state index in [9.17, 15) is 26.7 Å². The lowest BCUT2D eigenvalue weighted by molar-refractivity contribution is -0.343. The Bertz CT molecular complexity index is 2490. The Labute approximate surface area is 412 Å². The van der Waals surface area contributed by atoms with Crippen molar-refractivity contribution < 1.29 is 73.5 Å². The van der Waals surface area contributed by atoms with Crippen molar-refractivity contribution in [2.75, 3.05) is 6.61 Å². The highest BCUT2D eigenvalue weighted by Crippen LogP contribution is 2.48. The van der Waals surface area contributed by atoms with Gasteiger partial charge in [0.25, 0.3) is 0 Å². The van der Waals surface area contributed by atoms with Crippen molar-refractivity contribution in [1.82, 2.24) is 0 Å². The molecule has 0 radical (unpaired) electrons. The molecule has 0 unspecified atom stereocenters. The molecule has 13 nitrogen and oxygen atoms in total.